The number of carbonyl (C=O) groups is 1. The molecule has 0 spiro atoms. The smallest absolute Gasteiger partial charge is 0.376 e. The lowest BCUT2D eigenvalue weighted by Gasteiger charge is -2.35. The van der Waals surface area contributed by atoms with Gasteiger partial charge in [-0.05, 0) is 31.5 Å². The molecule has 0 aliphatic heterocycles. The van der Waals surface area contributed by atoms with Crippen LogP contribution >= 0.6 is 7.60 Å². The molecule has 0 saturated carbocycles. The molecule has 0 saturated heterocycles. The van der Waals surface area contributed by atoms with Crippen LogP contribution in [-0.2, 0) is 13.6 Å². The maximum absolute atomic E-state index is 17.0. The number of hydrogen-bond acceptors (Lipinski definition) is 7. The average Bonchev–Trinajstić information content (AvgIpc) is 2.77. The Hall–Kier alpha value is -2.61. The quantitative estimate of drug-likeness (QED) is 0.195. The number of alkyl halides is 1. The molecule has 0 fully saturated rings. The fraction of sp³-hybridized carbons (Fsp3) is 0.381. The number of halogens is 1. The third kappa shape index (κ3) is 5.18. The van der Waals surface area contributed by atoms with Crippen LogP contribution in [0.15, 0.2) is 54.6 Å². The molecule has 2 aromatic rings. The number of hydrogen-bond donors (Lipinski definition) is 0. The van der Waals surface area contributed by atoms with Gasteiger partial charge in [-0.3, -0.25) is 19.5 Å². The third-order valence-corrected chi connectivity index (χ3v) is 7.17. The van der Waals surface area contributed by atoms with Crippen molar-refractivity contribution in [3.05, 3.63) is 75.8 Å². The van der Waals surface area contributed by atoms with Gasteiger partial charge in [-0.25, -0.2) is 4.39 Å². The van der Waals surface area contributed by atoms with E-state index in [2.05, 4.69) is 0 Å². The first-order valence-electron chi connectivity index (χ1n) is 9.67. The van der Waals surface area contributed by atoms with Crippen LogP contribution in [0, 0.1) is 10.1 Å². The summed E-state index contributed by atoms with van der Waals surface area (Å²) in [6.07, 6.45) is 0. The fourth-order valence-electron chi connectivity index (χ4n) is 3.26. The van der Waals surface area contributed by atoms with Crippen molar-refractivity contribution in [2.24, 2.45) is 0 Å². The van der Waals surface area contributed by atoms with E-state index in [4.69, 9.17) is 13.8 Å². The Labute approximate surface area is 180 Å². The SMILES string of the molecule is CCOP(=O)(OCC)[C@@](F)(C(=O)c1ccccc1)[C@H](C[N+](=O)[O-])c1ccc(OC)cc1. The van der Waals surface area contributed by atoms with Crippen molar-refractivity contribution in [3.63, 3.8) is 0 Å². The number of benzene rings is 2. The second-order valence-corrected chi connectivity index (χ2v) is 8.70. The van der Waals surface area contributed by atoms with Crippen molar-refractivity contribution < 1.29 is 32.5 Å². The van der Waals surface area contributed by atoms with Crippen molar-refractivity contribution in [2.75, 3.05) is 26.9 Å². The van der Waals surface area contributed by atoms with Gasteiger partial charge in [0.25, 0.3) is 5.41 Å². The van der Waals surface area contributed by atoms with Gasteiger partial charge in [0, 0.05) is 10.5 Å². The summed E-state index contributed by atoms with van der Waals surface area (Å²) in [4.78, 5) is 24.2. The predicted octanol–water partition coefficient (Wildman–Crippen LogP) is 4.87. The van der Waals surface area contributed by atoms with Crippen molar-refractivity contribution in [1.29, 1.82) is 0 Å². The number of ether oxygens (including phenoxy) is 1. The lowest BCUT2D eigenvalue weighted by atomic mass is 9.89. The summed E-state index contributed by atoms with van der Waals surface area (Å²) in [5.74, 6) is -2.52. The lowest BCUT2D eigenvalue weighted by molar-refractivity contribution is -0.485. The van der Waals surface area contributed by atoms with Gasteiger partial charge in [-0.2, -0.15) is 0 Å². The van der Waals surface area contributed by atoms with Crippen LogP contribution in [0.5, 0.6) is 5.75 Å². The molecule has 0 aromatic heterocycles. The molecule has 8 nitrogen and oxygen atoms in total. The zero-order valence-corrected chi connectivity index (χ0v) is 18.4. The molecule has 0 aliphatic rings. The Morgan fingerprint density at radius 1 is 1.10 bits per heavy atom. The summed E-state index contributed by atoms with van der Waals surface area (Å²) in [5.41, 5.74) is -0.0181. The van der Waals surface area contributed by atoms with Crippen LogP contribution in [0.4, 0.5) is 4.39 Å². The molecule has 10 heteroatoms. The highest BCUT2D eigenvalue weighted by molar-refractivity contribution is 7.56. The van der Waals surface area contributed by atoms with Crippen molar-refractivity contribution >= 4 is 13.4 Å². The second-order valence-electron chi connectivity index (χ2n) is 6.54. The Balaban J connectivity index is 2.78. The number of nitrogens with zero attached hydrogens (tertiary/aromatic N) is 1. The van der Waals surface area contributed by atoms with Crippen molar-refractivity contribution in [2.45, 2.75) is 25.2 Å². The summed E-state index contributed by atoms with van der Waals surface area (Å²) in [5, 5.41) is 8.14. The maximum Gasteiger partial charge on any atom is 0.376 e. The van der Waals surface area contributed by atoms with Crippen molar-refractivity contribution in [1.82, 2.24) is 0 Å². The summed E-state index contributed by atoms with van der Waals surface area (Å²) in [6, 6.07) is 13.1. The number of methoxy groups -OCH3 is 1. The molecule has 0 amide bonds. The molecule has 0 aliphatic carbocycles. The molecule has 2 rings (SSSR count). The van der Waals surface area contributed by atoms with Crippen LogP contribution < -0.4 is 4.74 Å². The first kappa shape index (κ1) is 24.7. The highest BCUT2D eigenvalue weighted by atomic mass is 31.2. The molecular formula is C21H25FNO7P. The van der Waals surface area contributed by atoms with Crippen LogP contribution in [-0.4, -0.2) is 43.0 Å². The highest BCUT2D eigenvalue weighted by Gasteiger charge is 2.64. The largest absolute Gasteiger partial charge is 0.497 e. The van der Waals surface area contributed by atoms with E-state index in [0.717, 1.165) is 0 Å². The highest BCUT2D eigenvalue weighted by Crippen LogP contribution is 2.66. The predicted molar refractivity (Wildman–Crippen MR) is 113 cm³/mol. The monoisotopic (exact) mass is 453 g/mol. The van der Waals surface area contributed by atoms with Crippen LogP contribution in [0.1, 0.15) is 35.7 Å². The van der Waals surface area contributed by atoms with Gasteiger partial charge in [0.05, 0.1) is 20.3 Å². The zero-order chi connectivity index (χ0) is 23.1. The first-order valence-corrected chi connectivity index (χ1v) is 11.2. The van der Waals surface area contributed by atoms with Crippen LogP contribution in [0.3, 0.4) is 0 Å². The maximum atomic E-state index is 17.0. The van der Waals surface area contributed by atoms with E-state index in [1.165, 1.54) is 69.5 Å². The van der Waals surface area contributed by atoms with E-state index in [9.17, 15) is 19.5 Å². The van der Waals surface area contributed by atoms with Gasteiger partial charge in [0.1, 0.15) is 11.7 Å². The fourth-order valence-corrected chi connectivity index (χ4v) is 5.38. The van der Waals surface area contributed by atoms with Gasteiger partial charge in [-0.1, -0.05) is 42.5 Å². The standard InChI is InChI=1S/C21H25FNO7P/c1-4-29-31(27,30-5-2)21(22,20(24)17-9-7-6-8-10-17)19(15-23(25)26)16-11-13-18(28-3)14-12-16/h6-14,19H,4-5,15H2,1-3H3/t19-,21-/m1/s1. The third-order valence-electron chi connectivity index (χ3n) is 4.66. The van der Waals surface area contributed by atoms with Gasteiger partial charge < -0.3 is 13.8 Å². The van der Waals surface area contributed by atoms with Gasteiger partial charge >= 0.3 is 7.60 Å². The van der Waals surface area contributed by atoms with Gasteiger partial charge in [0.2, 0.25) is 12.3 Å². The molecule has 2 atom stereocenters. The summed E-state index contributed by atoms with van der Waals surface area (Å²) < 4.78 is 46.1. The molecule has 0 bridgehead atoms. The van der Waals surface area contributed by atoms with E-state index in [-0.39, 0.29) is 24.3 Å². The Morgan fingerprint density at radius 3 is 2.10 bits per heavy atom. The van der Waals surface area contributed by atoms with E-state index in [1.54, 1.807) is 6.07 Å². The minimum atomic E-state index is -4.81. The Morgan fingerprint density at radius 2 is 1.65 bits per heavy atom. The van der Waals surface area contributed by atoms with Crippen LogP contribution in [0.25, 0.3) is 0 Å². The average molecular weight is 453 g/mol. The number of ketones is 1. The topological polar surface area (TPSA) is 105 Å². The van der Waals surface area contributed by atoms with Crippen molar-refractivity contribution in [3.8, 4) is 5.75 Å². The minimum Gasteiger partial charge on any atom is -0.497 e. The van der Waals surface area contributed by atoms with E-state index >= 15 is 4.39 Å². The zero-order valence-electron chi connectivity index (χ0n) is 17.5. The number of rotatable bonds is 12. The van der Waals surface area contributed by atoms with Gasteiger partial charge in [-0.15, -0.1) is 0 Å². The van der Waals surface area contributed by atoms with Crippen LogP contribution in [0.2, 0.25) is 0 Å². The van der Waals surface area contributed by atoms with E-state index < -0.39 is 36.2 Å². The molecule has 0 N–H and O–H groups in total. The summed E-state index contributed by atoms with van der Waals surface area (Å²) >= 11 is 0. The second kappa shape index (κ2) is 10.6. The molecule has 2 aromatic carbocycles. The van der Waals surface area contributed by atoms with E-state index in [1.807, 2.05) is 0 Å². The molecule has 168 valence electrons. The summed E-state index contributed by atoms with van der Waals surface area (Å²) in [7, 11) is -3.38. The summed E-state index contributed by atoms with van der Waals surface area (Å²) in [6.45, 7) is 1.48. The number of nitro groups is 1. The lowest BCUT2D eigenvalue weighted by Crippen LogP contribution is -2.44. The van der Waals surface area contributed by atoms with E-state index in [0.29, 0.717) is 5.75 Å². The molecule has 31 heavy (non-hydrogen) atoms. The normalized spacial score (nSPS) is 14.5. The molecule has 0 radical (unpaired) electrons. The Bertz CT molecular complexity index is 929. The van der Waals surface area contributed by atoms with Gasteiger partial charge in [0.15, 0.2) is 0 Å². The minimum absolute atomic E-state index is 0.0870. The molecule has 0 heterocycles. The Kier molecular flexibility index (Phi) is 8.44. The number of carbonyl (C=O) groups excluding carboxylic acids is 1. The molecule has 0 unspecified atom stereocenters. The number of Topliss-reactive ketones (excluding diaryl/α,β-unsaturated/α-hetero) is 1. The molecular weight excluding hydrogens is 428 g/mol. The first-order chi connectivity index (χ1) is 14.7.